The summed E-state index contributed by atoms with van der Waals surface area (Å²) in [5.74, 6) is 0.109. The Morgan fingerprint density at radius 2 is 2.33 bits per heavy atom. The number of hydrogen-bond donors (Lipinski definition) is 1. The maximum atomic E-state index is 11.7. The zero-order chi connectivity index (χ0) is 12.8. The first-order valence-corrected chi connectivity index (χ1v) is 7.24. The van der Waals surface area contributed by atoms with Gasteiger partial charge < -0.3 is 10.1 Å². The van der Waals surface area contributed by atoms with Gasteiger partial charge in [-0.1, -0.05) is 6.07 Å². The predicted molar refractivity (Wildman–Crippen MR) is 72.9 cm³/mol. The van der Waals surface area contributed by atoms with Gasteiger partial charge in [-0.25, -0.2) is 0 Å². The van der Waals surface area contributed by atoms with Crippen LogP contribution < -0.4 is 5.32 Å². The monoisotopic (exact) mass is 268 g/mol. The molecule has 1 amide bonds. The number of nitrogens with zero attached hydrogens (tertiary/aromatic N) is 1. The van der Waals surface area contributed by atoms with Crippen molar-refractivity contribution < 1.29 is 9.53 Å². The molecule has 1 aromatic rings. The van der Waals surface area contributed by atoms with Crippen molar-refractivity contribution in [2.45, 2.75) is 19.4 Å². The number of thiophene rings is 1. The van der Waals surface area contributed by atoms with Crippen LogP contribution in [-0.2, 0) is 16.0 Å². The molecule has 4 nitrogen and oxygen atoms in total. The van der Waals surface area contributed by atoms with E-state index < -0.39 is 0 Å². The van der Waals surface area contributed by atoms with Gasteiger partial charge in [-0.3, -0.25) is 9.69 Å². The molecule has 18 heavy (non-hydrogen) atoms. The van der Waals surface area contributed by atoms with Crippen LogP contribution in [0.1, 0.15) is 11.8 Å². The second-order valence-corrected chi connectivity index (χ2v) is 5.59. The van der Waals surface area contributed by atoms with Gasteiger partial charge in [-0.05, 0) is 18.4 Å². The number of nitrogens with one attached hydrogen (secondary N) is 1. The lowest BCUT2D eigenvalue weighted by Gasteiger charge is -2.32. The first kappa shape index (κ1) is 13.5. The summed E-state index contributed by atoms with van der Waals surface area (Å²) in [5.41, 5.74) is 0. The Hall–Kier alpha value is -0.910. The molecule has 1 atom stereocenters. The molecule has 1 aliphatic heterocycles. The molecule has 0 aliphatic carbocycles. The van der Waals surface area contributed by atoms with Crippen LogP contribution in [0, 0.1) is 0 Å². The van der Waals surface area contributed by atoms with Gasteiger partial charge in [-0.15, -0.1) is 11.3 Å². The van der Waals surface area contributed by atoms with Crippen LogP contribution in [-0.4, -0.2) is 49.7 Å². The van der Waals surface area contributed by atoms with E-state index in [0.29, 0.717) is 19.0 Å². The molecule has 0 saturated carbocycles. The minimum atomic E-state index is 0.109. The van der Waals surface area contributed by atoms with Crippen molar-refractivity contribution in [3.8, 4) is 0 Å². The van der Waals surface area contributed by atoms with Gasteiger partial charge >= 0.3 is 0 Å². The third kappa shape index (κ3) is 4.08. The third-order valence-electron chi connectivity index (χ3n) is 3.18. The molecule has 1 N–H and O–H groups in total. The van der Waals surface area contributed by atoms with Gasteiger partial charge in [0, 0.05) is 30.6 Å². The van der Waals surface area contributed by atoms with Gasteiger partial charge in [0.1, 0.15) is 0 Å². The van der Waals surface area contributed by atoms with Crippen LogP contribution in [0.5, 0.6) is 0 Å². The summed E-state index contributed by atoms with van der Waals surface area (Å²) in [4.78, 5) is 15.2. The molecule has 1 aliphatic rings. The topological polar surface area (TPSA) is 41.6 Å². The summed E-state index contributed by atoms with van der Waals surface area (Å²) in [6.07, 6.45) is 0.494. The molecule has 0 unspecified atom stereocenters. The third-order valence-corrected chi connectivity index (χ3v) is 4.05. The quantitative estimate of drug-likeness (QED) is 0.870. The van der Waals surface area contributed by atoms with Gasteiger partial charge in [0.2, 0.25) is 5.91 Å². The molecule has 1 saturated heterocycles. The Balaban J connectivity index is 1.68. The van der Waals surface area contributed by atoms with Gasteiger partial charge in [0.25, 0.3) is 0 Å². The average Bonchev–Trinajstić information content (AvgIpc) is 2.90. The molecular weight excluding hydrogens is 248 g/mol. The summed E-state index contributed by atoms with van der Waals surface area (Å²) < 4.78 is 5.32. The smallest absolute Gasteiger partial charge is 0.225 e. The van der Waals surface area contributed by atoms with E-state index in [1.807, 2.05) is 17.5 Å². The Morgan fingerprint density at radius 3 is 3.00 bits per heavy atom. The number of carbonyl (C=O) groups excluding carboxylic acids is 1. The second-order valence-electron chi connectivity index (χ2n) is 4.56. The summed E-state index contributed by atoms with van der Waals surface area (Å²) in [6, 6.07) is 4.35. The SMILES string of the molecule is C[C@@H](CNC(=O)Cc1cccs1)N1CCOCC1. The van der Waals surface area contributed by atoms with Crippen LogP contribution in [0.25, 0.3) is 0 Å². The molecule has 1 fully saturated rings. The van der Waals surface area contributed by atoms with Crippen molar-refractivity contribution in [3.05, 3.63) is 22.4 Å². The summed E-state index contributed by atoms with van der Waals surface area (Å²) in [6.45, 7) is 6.38. The van der Waals surface area contributed by atoms with Crippen LogP contribution in [0.3, 0.4) is 0 Å². The van der Waals surface area contributed by atoms with E-state index in [-0.39, 0.29) is 5.91 Å². The van der Waals surface area contributed by atoms with E-state index in [1.54, 1.807) is 11.3 Å². The van der Waals surface area contributed by atoms with E-state index >= 15 is 0 Å². The minimum absolute atomic E-state index is 0.109. The molecule has 2 rings (SSSR count). The molecule has 0 bridgehead atoms. The number of rotatable bonds is 5. The number of amides is 1. The molecule has 100 valence electrons. The highest BCUT2D eigenvalue weighted by atomic mass is 32.1. The van der Waals surface area contributed by atoms with E-state index in [1.165, 1.54) is 0 Å². The minimum Gasteiger partial charge on any atom is -0.379 e. The van der Waals surface area contributed by atoms with Crippen LogP contribution in [0.15, 0.2) is 17.5 Å². The maximum Gasteiger partial charge on any atom is 0.225 e. The largest absolute Gasteiger partial charge is 0.379 e. The fourth-order valence-corrected chi connectivity index (χ4v) is 2.75. The Kier molecular flexibility index (Phi) is 5.16. The number of morpholine rings is 1. The summed E-state index contributed by atoms with van der Waals surface area (Å²) in [7, 11) is 0. The van der Waals surface area contributed by atoms with Crippen molar-refractivity contribution in [2.75, 3.05) is 32.8 Å². The fraction of sp³-hybridized carbons (Fsp3) is 0.615. The van der Waals surface area contributed by atoms with E-state index in [4.69, 9.17) is 4.74 Å². The Labute approximate surface area is 112 Å². The Morgan fingerprint density at radius 1 is 1.56 bits per heavy atom. The summed E-state index contributed by atoms with van der Waals surface area (Å²) in [5, 5.41) is 5.00. The van der Waals surface area contributed by atoms with E-state index in [2.05, 4.69) is 17.1 Å². The standard InChI is InChI=1S/C13H20N2O2S/c1-11(15-4-6-17-7-5-15)10-14-13(16)9-12-3-2-8-18-12/h2-3,8,11H,4-7,9-10H2,1H3,(H,14,16)/t11-/m0/s1. The zero-order valence-electron chi connectivity index (χ0n) is 10.7. The van der Waals surface area contributed by atoms with Crippen molar-refractivity contribution in [1.82, 2.24) is 10.2 Å². The van der Waals surface area contributed by atoms with Gasteiger partial charge in [0.15, 0.2) is 0 Å². The molecular formula is C13H20N2O2S. The van der Waals surface area contributed by atoms with Crippen LogP contribution in [0.2, 0.25) is 0 Å². The van der Waals surface area contributed by atoms with Crippen LogP contribution >= 0.6 is 11.3 Å². The van der Waals surface area contributed by atoms with Gasteiger partial charge in [-0.2, -0.15) is 0 Å². The molecule has 5 heteroatoms. The van der Waals surface area contributed by atoms with E-state index in [9.17, 15) is 4.79 Å². The molecule has 0 radical (unpaired) electrons. The first-order valence-electron chi connectivity index (χ1n) is 6.36. The first-order chi connectivity index (χ1) is 8.75. The van der Waals surface area contributed by atoms with Crippen molar-refractivity contribution in [2.24, 2.45) is 0 Å². The number of ether oxygens (including phenoxy) is 1. The summed E-state index contributed by atoms with van der Waals surface area (Å²) >= 11 is 1.63. The maximum absolute atomic E-state index is 11.7. The Bertz CT molecular complexity index is 361. The number of hydrogen-bond acceptors (Lipinski definition) is 4. The molecule has 0 aromatic carbocycles. The second kappa shape index (κ2) is 6.87. The zero-order valence-corrected chi connectivity index (χ0v) is 11.5. The average molecular weight is 268 g/mol. The van der Waals surface area contributed by atoms with Gasteiger partial charge in [0.05, 0.1) is 19.6 Å². The normalized spacial score (nSPS) is 18.5. The highest BCUT2D eigenvalue weighted by Gasteiger charge is 2.17. The number of carbonyl (C=O) groups is 1. The highest BCUT2D eigenvalue weighted by molar-refractivity contribution is 7.10. The predicted octanol–water partition coefficient (Wildman–Crippen LogP) is 1.13. The van der Waals surface area contributed by atoms with Crippen molar-refractivity contribution in [1.29, 1.82) is 0 Å². The lowest BCUT2D eigenvalue weighted by atomic mass is 10.2. The van der Waals surface area contributed by atoms with Crippen molar-refractivity contribution in [3.63, 3.8) is 0 Å². The molecule has 1 aromatic heterocycles. The van der Waals surface area contributed by atoms with Crippen LogP contribution in [0.4, 0.5) is 0 Å². The highest BCUT2D eigenvalue weighted by Crippen LogP contribution is 2.09. The van der Waals surface area contributed by atoms with E-state index in [0.717, 1.165) is 31.2 Å². The molecule has 0 spiro atoms. The lowest BCUT2D eigenvalue weighted by molar-refractivity contribution is -0.120. The van der Waals surface area contributed by atoms with Crippen molar-refractivity contribution >= 4 is 17.2 Å². The molecule has 2 heterocycles. The fourth-order valence-electron chi connectivity index (χ4n) is 2.04. The lowest BCUT2D eigenvalue weighted by Crippen LogP contribution is -2.47.